The zero-order valence-corrected chi connectivity index (χ0v) is 9.66. The predicted molar refractivity (Wildman–Crippen MR) is 65.7 cm³/mol. The van der Waals surface area contributed by atoms with Crippen molar-refractivity contribution in [2.45, 2.75) is 31.7 Å². The smallest absolute Gasteiger partial charge is 0.128 e. The summed E-state index contributed by atoms with van der Waals surface area (Å²) in [5, 5.41) is 15.8. The molecule has 4 heteroatoms. The summed E-state index contributed by atoms with van der Waals surface area (Å²) in [6.07, 6.45) is 3.13. The molecule has 0 amide bonds. The quantitative estimate of drug-likeness (QED) is 0.686. The van der Waals surface area contributed by atoms with Crippen molar-refractivity contribution in [2.24, 2.45) is 0 Å². The van der Waals surface area contributed by atoms with Crippen molar-refractivity contribution >= 4 is 11.6 Å². The summed E-state index contributed by atoms with van der Waals surface area (Å²) in [7, 11) is 0. The summed E-state index contributed by atoms with van der Waals surface area (Å²) in [4.78, 5) is 4.45. The van der Waals surface area contributed by atoms with E-state index in [4.69, 9.17) is 0 Å². The highest BCUT2D eigenvalue weighted by Crippen LogP contribution is 2.37. The number of aliphatic hydroxyl groups excluding tert-OH is 1. The fourth-order valence-electron chi connectivity index (χ4n) is 1.60. The molecule has 1 aliphatic rings. The summed E-state index contributed by atoms with van der Waals surface area (Å²) >= 11 is 0. The van der Waals surface area contributed by atoms with Gasteiger partial charge in [0, 0.05) is 6.54 Å². The lowest BCUT2D eigenvalue weighted by atomic mass is 10.3. The number of anilines is 2. The third kappa shape index (κ3) is 2.64. The first-order valence-corrected chi connectivity index (χ1v) is 5.88. The van der Waals surface area contributed by atoms with Gasteiger partial charge in [0.2, 0.25) is 0 Å². The SMILES string of the molecule is CCCNc1cccc(NC2(CO)CC2)n1. The number of nitrogens with zero attached hydrogens (tertiary/aromatic N) is 1. The molecule has 2 rings (SSSR count). The van der Waals surface area contributed by atoms with Crippen LogP contribution in [0.4, 0.5) is 11.6 Å². The van der Waals surface area contributed by atoms with Crippen molar-refractivity contribution in [3.05, 3.63) is 18.2 Å². The van der Waals surface area contributed by atoms with Crippen LogP contribution in [0.5, 0.6) is 0 Å². The zero-order valence-electron chi connectivity index (χ0n) is 9.66. The Morgan fingerprint density at radius 3 is 2.75 bits per heavy atom. The summed E-state index contributed by atoms with van der Waals surface area (Å²) in [6.45, 7) is 3.24. The van der Waals surface area contributed by atoms with Crippen LogP contribution in [0.3, 0.4) is 0 Å². The van der Waals surface area contributed by atoms with Gasteiger partial charge in [0.1, 0.15) is 11.6 Å². The summed E-state index contributed by atoms with van der Waals surface area (Å²) < 4.78 is 0. The Balaban J connectivity index is 1.99. The molecule has 0 atom stereocenters. The second-order valence-corrected chi connectivity index (χ2v) is 4.40. The van der Waals surface area contributed by atoms with Gasteiger partial charge in [-0.3, -0.25) is 0 Å². The predicted octanol–water partition coefficient (Wildman–Crippen LogP) is 1.84. The van der Waals surface area contributed by atoms with Gasteiger partial charge < -0.3 is 15.7 Å². The Labute approximate surface area is 96.1 Å². The molecule has 1 aromatic heterocycles. The second kappa shape index (κ2) is 4.70. The molecule has 0 aliphatic heterocycles. The van der Waals surface area contributed by atoms with Gasteiger partial charge in [-0.15, -0.1) is 0 Å². The molecule has 0 saturated heterocycles. The maximum absolute atomic E-state index is 9.22. The molecule has 0 aromatic carbocycles. The van der Waals surface area contributed by atoms with E-state index in [0.29, 0.717) is 0 Å². The second-order valence-electron chi connectivity index (χ2n) is 4.40. The van der Waals surface area contributed by atoms with Gasteiger partial charge in [0.15, 0.2) is 0 Å². The number of aliphatic hydroxyl groups is 1. The molecule has 1 aromatic rings. The van der Waals surface area contributed by atoms with Crippen molar-refractivity contribution in [2.75, 3.05) is 23.8 Å². The first kappa shape index (κ1) is 11.2. The zero-order chi connectivity index (χ0) is 11.4. The van der Waals surface area contributed by atoms with Gasteiger partial charge in [-0.1, -0.05) is 13.0 Å². The van der Waals surface area contributed by atoms with Gasteiger partial charge in [0.05, 0.1) is 12.1 Å². The maximum Gasteiger partial charge on any atom is 0.128 e. The van der Waals surface area contributed by atoms with E-state index in [1.54, 1.807) is 0 Å². The molecule has 0 radical (unpaired) electrons. The number of aromatic nitrogens is 1. The molecule has 1 aliphatic carbocycles. The lowest BCUT2D eigenvalue weighted by molar-refractivity contribution is 0.266. The van der Waals surface area contributed by atoms with Gasteiger partial charge in [0.25, 0.3) is 0 Å². The molecule has 1 heterocycles. The van der Waals surface area contributed by atoms with E-state index in [-0.39, 0.29) is 12.1 Å². The fraction of sp³-hybridized carbons (Fsp3) is 0.583. The normalized spacial score (nSPS) is 16.9. The third-order valence-electron chi connectivity index (χ3n) is 2.85. The average Bonchev–Trinajstić information content (AvgIpc) is 3.07. The first-order chi connectivity index (χ1) is 7.78. The molecule has 1 saturated carbocycles. The highest BCUT2D eigenvalue weighted by molar-refractivity contribution is 5.47. The van der Waals surface area contributed by atoms with Crippen LogP contribution in [0, 0.1) is 0 Å². The topological polar surface area (TPSA) is 57.2 Å². The highest BCUT2D eigenvalue weighted by atomic mass is 16.3. The molecule has 0 bridgehead atoms. The lowest BCUT2D eigenvalue weighted by Crippen LogP contribution is -2.26. The minimum absolute atomic E-state index is 0.101. The van der Waals surface area contributed by atoms with E-state index in [1.807, 2.05) is 18.2 Å². The van der Waals surface area contributed by atoms with E-state index in [2.05, 4.69) is 22.5 Å². The van der Waals surface area contributed by atoms with E-state index in [0.717, 1.165) is 37.4 Å². The van der Waals surface area contributed by atoms with Crippen molar-refractivity contribution in [3.8, 4) is 0 Å². The van der Waals surface area contributed by atoms with E-state index < -0.39 is 0 Å². The Kier molecular flexibility index (Phi) is 3.29. The molecule has 0 unspecified atom stereocenters. The lowest BCUT2D eigenvalue weighted by Gasteiger charge is -2.15. The summed E-state index contributed by atoms with van der Waals surface area (Å²) in [6, 6.07) is 5.87. The van der Waals surface area contributed by atoms with Crippen LogP contribution < -0.4 is 10.6 Å². The number of pyridine rings is 1. The van der Waals surface area contributed by atoms with Crippen molar-refractivity contribution < 1.29 is 5.11 Å². The maximum atomic E-state index is 9.22. The number of hydrogen-bond donors (Lipinski definition) is 3. The Morgan fingerprint density at radius 1 is 1.38 bits per heavy atom. The Morgan fingerprint density at radius 2 is 2.12 bits per heavy atom. The molecule has 3 N–H and O–H groups in total. The minimum atomic E-state index is -0.101. The van der Waals surface area contributed by atoms with Gasteiger partial charge in [-0.2, -0.15) is 0 Å². The van der Waals surface area contributed by atoms with Crippen LogP contribution in [0.15, 0.2) is 18.2 Å². The van der Waals surface area contributed by atoms with Crippen LogP contribution in [0.25, 0.3) is 0 Å². The number of nitrogens with one attached hydrogen (secondary N) is 2. The molecule has 1 fully saturated rings. The average molecular weight is 221 g/mol. The summed E-state index contributed by atoms with van der Waals surface area (Å²) in [5.74, 6) is 1.73. The molecular formula is C12H19N3O. The van der Waals surface area contributed by atoms with E-state index in [9.17, 15) is 5.11 Å². The standard InChI is InChI=1S/C12H19N3O/c1-2-8-13-10-4-3-5-11(14-10)15-12(9-16)6-7-12/h3-5,16H,2,6-9H2,1H3,(H2,13,14,15). The van der Waals surface area contributed by atoms with Crippen LogP contribution in [-0.4, -0.2) is 28.8 Å². The van der Waals surface area contributed by atoms with Gasteiger partial charge in [-0.05, 0) is 31.4 Å². The van der Waals surface area contributed by atoms with Crippen molar-refractivity contribution in [3.63, 3.8) is 0 Å². The number of hydrogen-bond acceptors (Lipinski definition) is 4. The third-order valence-corrected chi connectivity index (χ3v) is 2.85. The van der Waals surface area contributed by atoms with Crippen molar-refractivity contribution in [1.82, 2.24) is 4.98 Å². The molecule has 4 nitrogen and oxygen atoms in total. The monoisotopic (exact) mass is 221 g/mol. The van der Waals surface area contributed by atoms with Crippen LogP contribution in [0.2, 0.25) is 0 Å². The van der Waals surface area contributed by atoms with E-state index in [1.165, 1.54) is 0 Å². The number of rotatable bonds is 6. The molecule has 88 valence electrons. The van der Waals surface area contributed by atoms with Crippen LogP contribution in [-0.2, 0) is 0 Å². The molecular weight excluding hydrogens is 202 g/mol. The molecule has 0 spiro atoms. The summed E-state index contributed by atoms with van der Waals surface area (Å²) in [5.41, 5.74) is -0.101. The minimum Gasteiger partial charge on any atom is -0.394 e. The Hall–Kier alpha value is -1.29. The fourth-order valence-corrected chi connectivity index (χ4v) is 1.60. The highest BCUT2D eigenvalue weighted by Gasteiger charge is 2.42. The largest absolute Gasteiger partial charge is 0.394 e. The van der Waals surface area contributed by atoms with Gasteiger partial charge in [-0.25, -0.2) is 4.98 Å². The van der Waals surface area contributed by atoms with Crippen molar-refractivity contribution in [1.29, 1.82) is 0 Å². The molecule has 16 heavy (non-hydrogen) atoms. The first-order valence-electron chi connectivity index (χ1n) is 5.88. The van der Waals surface area contributed by atoms with Crippen LogP contribution >= 0.6 is 0 Å². The van der Waals surface area contributed by atoms with E-state index >= 15 is 0 Å². The Bertz CT molecular complexity index is 350. The van der Waals surface area contributed by atoms with Gasteiger partial charge >= 0.3 is 0 Å². The van der Waals surface area contributed by atoms with Crippen LogP contribution in [0.1, 0.15) is 26.2 Å².